The van der Waals surface area contributed by atoms with Crippen molar-refractivity contribution >= 4 is 11.8 Å². The van der Waals surface area contributed by atoms with Crippen molar-refractivity contribution in [3.05, 3.63) is 23.9 Å². The van der Waals surface area contributed by atoms with Crippen LogP contribution >= 0.6 is 0 Å². The molecule has 3 rings (SSSR count). The molecule has 0 aliphatic carbocycles. The summed E-state index contributed by atoms with van der Waals surface area (Å²) < 4.78 is 5.47. The third-order valence-electron chi connectivity index (χ3n) is 4.87. The summed E-state index contributed by atoms with van der Waals surface area (Å²) in [6.07, 6.45) is 4.44. The molecule has 6 heteroatoms. The normalized spacial score (nSPS) is 22.2. The molecular formula is C19H31N5O. The summed E-state index contributed by atoms with van der Waals surface area (Å²) >= 11 is 0. The van der Waals surface area contributed by atoms with Crippen LogP contribution in [0.15, 0.2) is 23.3 Å². The average Bonchev–Trinajstić information content (AvgIpc) is 2.66. The van der Waals surface area contributed by atoms with Gasteiger partial charge in [-0.3, -0.25) is 0 Å². The zero-order chi connectivity index (χ0) is 17.5. The molecule has 1 atom stereocenters. The Kier molecular flexibility index (Phi) is 6.50. The van der Waals surface area contributed by atoms with Gasteiger partial charge in [0.25, 0.3) is 0 Å². The molecular weight excluding hydrogens is 314 g/mol. The number of hydrogen-bond donors (Lipinski definition) is 1. The first-order valence-electron chi connectivity index (χ1n) is 9.57. The number of pyridine rings is 1. The van der Waals surface area contributed by atoms with E-state index < -0.39 is 0 Å². The summed E-state index contributed by atoms with van der Waals surface area (Å²) in [5.41, 5.74) is 1.19. The van der Waals surface area contributed by atoms with Gasteiger partial charge in [0.15, 0.2) is 5.96 Å². The van der Waals surface area contributed by atoms with Crippen molar-refractivity contribution in [3.8, 4) is 0 Å². The second kappa shape index (κ2) is 9.04. The maximum Gasteiger partial charge on any atom is 0.194 e. The number of rotatable bonds is 4. The minimum absolute atomic E-state index is 0.660. The largest absolute Gasteiger partial charge is 0.378 e. The van der Waals surface area contributed by atoms with Gasteiger partial charge in [-0.2, -0.15) is 0 Å². The molecule has 2 fully saturated rings. The molecule has 3 heterocycles. The van der Waals surface area contributed by atoms with Crippen molar-refractivity contribution in [1.29, 1.82) is 0 Å². The van der Waals surface area contributed by atoms with Gasteiger partial charge in [-0.15, -0.1) is 0 Å². The monoisotopic (exact) mass is 345 g/mol. The highest BCUT2D eigenvalue weighted by atomic mass is 16.5. The van der Waals surface area contributed by atoms with Crippen molar-refractivity contribution < 1.29 is 4.74 Å². The van der Waals surface area contributed by atoms with Crippen LogP contribution in [0.5, 0.6) is 0 Å². The first-order chi connectivity index (χ1) is 12.3. The summed E-state index contributed by atoms with van der Waals surface area (Å²) in [7, 11) is 0. The molecule has 6 nitrogen and oxygen atoms in total. The quantitative estimate of drug-likeness (QED) is 0.669. The van der Waals surface area contributed by atoms with Crippen molar-refractivity contribution in [1.82, 2.24) is 15.2 Å². The summed E-state index contributed by atoms with van der Waals surface area (Å²) in [5.74, 6) is 2.82. The highest BCUT2D eigenvalue weighted by Crippen LogP contribution is 2.20. The van der Waals surface area contributed by atoms with Gasteiger partial charge < -0.3 is 19.9 Å². The minimum atomic E-state index is 0.660. The van der Waals surface area contributed by atoms with Crippen LogP contribution < -0.4 is 10.2 Å². The number of morpholine rings is 1. The summed E-state index contributed by atoms with van der Waals surface area (Å²) in [5, 5.41) is 3.46. The van der Waals surface area contributed by atoms with Crippen LogP contribution in [0.3, 0.4) is 0 Å². The van der Waals surface area contributed by atoms with Crippen molar-refractivity contribution in [2.45, 2.75) is 33.2 Å². The lowest BCUT2D eigenvalue weighted by Crippen LogP contribution is -2.46. The van der Waals surface area contributed by atoms with Crippen LogP contribution in [-0.4, -0.2) is 61.8 Å². The van der Waals surface area contributed by atoms with Crippen LogP contribution in [-0.2, 0) is 11.3 Å². The van der Waals surface area contributed by atoms with Gasteiger partial charge in [0.1, 0.15) is 5.82 Å². The summed E-state index contributed by atoms with van der Waals surface area (Å²) in [6, 6.07) is 4.15. The predicted molar refractivity (Wildman–Crippen MR) is 102 cm³/mol. The smallest absolute Gasteiger partial charge is 0.194 e. The first-order valence-corrected chi connectivity index (χ1v) is 9.57. The Morgan fingerprint density at radius 1 is 1.36 bits per heavy atom. The van der Waals surface area contributed by atoms with Gasteiger partial charge in [-0.05, 0) is 31.7 Å². The fourth-order valence-electron chi connectivity index (χ4n) is 3.58. The number of piperidine rings is 1. The van der Waals surface area contributed by atoms with Crippen molar-refractivity contribution in [2.24, 2.45) is 10.9 Å². The third-order valence-corrected chi connectivity index (χ3v) is 4.87. The SMILES string of the molecule is CCNC(=NCc1cccnc1N1CCOCC1)N1CCCC(C)C1. The van der Waals surface area contributed by atoms with Gasteiger partial charge in [0.05, 0.1) is 19.8 Å². The second-order valence-corrected chi connectivity index (χ2v) is 6.95. The van der Waals surface area contributed by atoms with E-state index in [1.807, 2.05) is 12.3 Å². The fraction of sp³-hybridized carbons (Fsp3) is 0.684. The molecule has 0 amide bonds. The molecule has 1 aromatic heterocycles. The Hall–Kier alpha value is -1.82. The molecule has 0 spiro atoms. The fourth-order valence-corrected chi connectivity index (χ4v) is 3.58. The number of nitrogens with one attached hydrogen (secondary N) is 1. The maximum absolute atomic E-state index is 5.47. The molecule has 0 bridgehead atoms. The molecule has 0 saturated carbocycles. The van der Waals surface area contributed by atoms with Crippen LogP contribution in [0, 0.1) is 5.92 Å². The molecule has 1 unspecified atom stereocenters. The molecule has 2 saturated heterocycles. The van der Waals surface area contributed by atoms with E-state index in [1.54, 1.807) is 0 Å². The molecule has 25 heavy (non-hydrogen) atoms. The van der Waals surface area contributed by atoms with E-state index in [1.165, 1.54) is 18.4 Å². The highest BCUT2D eigenvalue weighted by molar-refractivity contribution is 5.80. The van der Waals surface area contributed by atoms with Crippen LogP contribution in [0.4, 0.5) is 5.82 Å². The molecule has 138 valence electrons. The molecule has 1 N–H and O–H groups in total. The Balaban J connectivity index is 1.74. The number of ether oxygens (including phenoxy) is 1. The number of guanidine groups is 1. The van der Waals surface area contributed by atoms with Gasteiger partial charge >= 0.3 is 0 Å². The van der Waals surface area contributed by atoms with E-state index in [2.05, 4.69) is 40.0 Å². The number of nitrogens with zero attached hydrogens (tertiary/aromatic N) is 4. The Morgan fingerprint density at radius 3 is 2.96 bits per heavy atom. The third kappa shape index (κ3) is 4.84. The number of aromatic nitrogens is 1. The lowest BCUT2D eigenvalue weighted by Gasteiger charge is -2.33. The number of hydrogen-bond acceptors (Lipinski definition) is 4. The maximum atomic E-state index is 5.47. The minimum Gasteiger partial charge on any atom is -0.378 e. The Morgan fingerprint density at radius 2 is 2.20 bits per heavy atom. The van der Waals surface area contributed by atoms with Gasteiger partial charge in [0, 0.05) is 44.5 Å². The van der Waals surface area contributed by atoms with E-state index in [9.17, 15) is 0 Å². The van der Waals surface area contributed by atoms with Gasteiger partial charge in [-0.25, -0.2) is 9.98 Å². The van der Waals surface area contributed by atoms with Crippen molar-refractivity contribution in [3.63, 3.8) is 0 Å². The number of aliphatic imine (C=N–C) groups is 1. The zero-order valence-electron chi connectivity index (χ0n) is 15.6. The van der Waals surface area contributed by atoms with E-state index in [0.29, 0.717) is 6.54 Å². The van der Waals surface area contributed by atoms with E-state index in [-0.39, 0.29) is 0 Å². The molecule has 1 aromatic rings. The molecule has 0 aromatic carbocycles. The van der Waals surface area contributed by atoms with Crippen LogP contribution in [0.1, 0.15) is 32.3 Å². The average molecular weight is 345 g/mol. The van der Waals surface area contributed by atoms with E-state index in [0.717, 1.165) is 63.6 Å². The number of anilines is 1. The predicted octanol–water partition coefficient (Wildman–Crippen LogP) is 2.12. The summed E-state index contributed by atoms with van der Waals surface area (Å²) in [4.78, 5) is 14.3. The van der Waals surface area contributed by atoms with Gasteiger partial charge in [-0.1, -0.05) is 13.0 Å². The molecule has 0 radical (unpaired) electrons. The lowest BCUT2D eigenvalue weighted by atomic mass is 10.0. The van der Waals surface area contributed by atoms with Crippen LogP contribution in [0.2, 0.25) is 0 Å². The Bertz CT molecular complexity index is 571. The molecule has 2 aliphatic rings. The molecule has 2 aliphatic heterocycles. The van der Waals surface area contributed by atoms with Gasteiger partial charge in [0.2, 0.25) is 0 Å². The van der Waals surface area contributed by atoms with Crippen molar-refractivity contribution in [2.75, 3.05) is 50.8 Å². The topological polar surface area (TPSA) is 53.0 Å². The first kappa shape index (κ1) is 18.0. The standard InChI is InChI=1S/C19H31N5O/c1-3-20-19(24-9-5-6-16(2)15-24)22-14-17-7-4-8-21-18(17)23-10-12-25-13-11-23/h4,7-8,16H,3,5-6,9-15H2,1-2H3,(H,20,22). The highest BCUT2D eigenvalue weighted by Gasteiger charge is 2.20. The zero-order valence-corrected chi connectivity index (χ0v) is 15.6. The second-order valence-electron chi connectivity index (χ2n) is 6.95. The lowest BCUT2D eigenvalue weighted by molar-refractivity contribution is 0.122. The van der Waals surface area contributed by atoms with Crippen LogP contribution in [0.25, 0.3) is 0 Å². The summed E-state index contributed by atoms with van der Waals surface area (Å²) in [6.45, 7) is 11.5. The number of likely N-dealkylation sites (tertiary alicyclic amines) is 1. The van der Waals surface area contributed by atoms with E-state index >= 15 is 0 Å². The Labute approximate surface area is 151 Å². The van der Waals surface area contributed by atoms with E-state index in [4.69, 9.17) is 9.73 Å².